The molecule has 0 aromatic carbocycles. The van der Waals surface area contributed by atoms with Crippen molar-refractivity contribution in [1.82, 2.24) is 10.3 Å². The van der Waals surface area contributed by atoms with Gasteiger partial charge in [-0.25, -0.2) is 0 Å². The molecule has 8 heteroatoms. The largest absolute Gasteiger partial charge is 0.381 e. The first kappa shape index (κ1) is 27.8. The first-order chi connectivity index (χ1) is 17.1. The number of nitrogens with zero attached hydrogens (tertiary/aromatic N) is 4. The highest BCUT2D eigenvalue weighted by Gasteiger charge is 2.43. The Morgan fingerprint density at radius 2 is 1.92 bits per heavy atom. The van der Waals surface area contributed by atoms with E-state index in [4.69, 9.17) is 11.2 Å². The molecule has 1 aliphatic heterocycles. The van der Waals surface area contributed by atoms with E-state index < -0.39 is 11.7 Å². The Morgan fingerprint density at radius 1 is 1.22 bits per heavy atom. The average molecular weight is 496 g/mol. The molecule has 196 valence electrons. The first-order valence-corrected chi connectivity index (χ1v) is 13.1. The van der Waals surface area contributed by atoms with E-state index in [-0.39, 0.29) is 35.7 Å². The van der Waals surface area contributed by atoms with Crippen LogP contribution >= 0.6 is 0 Å². The van der Waals surface area contributed by atoms with Crippen molar-refractivity contribution in [2.75, 3.05) is 18.6 Å². The van der Waals surface area contributed by atoms with Gasteiger partial charge in [-0.3, -0.25) is 19.5 Å². The average Bonchev–Trinajstić information content (AvgIpc) is 3.64. The summed E-state index contributed by atoms with van der Waals surface area (Å²) in [6, 6.07) is 3.25. The summed E-state index contributed by atoms with van der Waals surface area (Å²) < 4.78 is 5.55. The second-order valence-corrected chi connectivity index (χ2v) is 10.9. The minimum atomic E-state index is -0.618. The van der Waals surface area contributed by atoms with E-state index in [1.54, 1.807) is 18.2 Å². The number of amides is 2. The standard InChI is InChI=1S/C28H41N5O3/c1-7-9-17-28(31-32-28)18-16-24(34)33(21-12-15-23(30-19-21)27(3,4)5)25(26(35)29-8-2)20-10-13-22(36-6)14-11-20/h1,12,15,19-20,22,25H,8-11,13-14,16-18H2,2-6H3,(H,29,35). The van der Waals surface area contributed by atoms with Crippen LogP contribution in [0.4, 0.5) is 5.69 Å². The number of terminal acetylenes is 1. The van der Waals surface area contributed by atoms with Crippen LogP contribution in [0.15, 0.2) is 28.6 Å². The molecule has 8 nitrogen and oxygen atoms in total. The Kier molecular flexibility index (Phi) is 9.24. The van der Waals surface area contributed by atoms with Crippen LogP contribution in [0.5, 0.6) is 0 Å². The van der Waals surface area contributed by atoms with Gasteiger partial charge in [0.05, 0.1) is 18.0 Å². The second-order valence-electron chi connectivity index (χ2n) is 10.9. The summed E-state index contributed by atoms with van der Waals surface area (Å²) in [5.41, 5.74) is 0.890. The summed E-state index contributed by atoms with van der Waals surface area (Å²) in [5, 5.41) is 11.3. The SMILES string of the molecule is C#CCCC1(CCC(=O)N(c2ccc(C(C)(C)C)nc2)C(C(=O)NCC)C2CCC(OC)CC2)N=N1. The fourth-order valence-electron chi connectivity index (χ4n) is 4.99. The van der Waals surface area contributed by atoms with Gasteiger partial charge < -0.3 is 10.1 Å². The van der Waals surface area contributed by atoms with Crippen LogP contribution in [0.1, 0.15) is 84.8 Å². The monoisotopic (exact) mass is 495 g/mol. The molecule has 1 unspecified atom stereocenters. The molecule has 2 amide bonds. The Hall–Kier alpha value is -2.79. The number of likely N-dealkylation sites (N-methyl/N-ethyl adjacent to an activating group) is 1. The zero-order valence-electron chi connectivity index (χ0n) is 22.4. The maximum atomic E-state index is 13.9. The highest BCUT2D eigenvalue weighted by atomic mass is 16.5. The maximum Gasteiger partial charge on any atom is 0.243 e. The predicted octanol–water partition coefficient (Wildman–Crippen LogP) is 4.78. The second kappa shape index (κ2) is 12.0. The summed E-state index contributed by atoms with van der Waals surface area (Å²) in [6.45, 7) is 8.69. The summed E-state index contributed by atoms with van der Waals surface area (Å²) in [4.78, 5) is 33.7. The van der Waals surface area contributed by atoms with E-state index in [0.29, 0.717) is 31.5 Å². The van der Waals surface area contributed by atoms with Crippen LogP contribution in [0.2, 0.25) is 0 Å². The van der Waals surface area contributed by atoms with Crippen LogP contribution in [0, 0.1) is 18.3 Å². The smallest absolute Gasteiger partial charge is 0.243 e. The van der Waals surface area contributed by atoms with Crippen molar-refractivity contribution in [3.63, 3.8) is 0 Å². The van der Waals surface area contributed by atoms with Gasteiger partial charge in [-0.15, -0.1) is 12.3 Å². The Morgan fingerprint density at radius 3 is 2.42 bits per heavy atom. The highest BCUT2D eigenvalue weighted by molar-refractivity contribution is 6.01. The number of ether oxygens (including phenoxy) is 1. The van der Waals surface area contributed by atoms with Gasteiger partial charge >= 0.3 is 0 Å². The zero-order valence-corrected chi connectivity index (χ0v) is 22.4. The van der Waals surface area contributed by atoms with Crippen LogP contribution in [0.3, 0.4) is 0 Å². The third-order valence-corrected chi connectivity index (χ3v) is 7.25. The summed E-state index contributed by atoms with van der Waals surface area (Å²) in [5.74, 6) is 2.40. The minimum Gasteiger partial charge on any atom is -0.381 e. The number of rotatable bonds is 11. The molecule has 1 N–H and O–H groups in total. The topological polar surface area (TPSA) is 96.2 Å². The molecule has 1 aromatic heterocycles. The molecular weight excluding hydrogens is 454 g/mol. The van der Waals surface area contributed by atoms with Crippen LogP contribution in [0.25, 0.3) is 0 Å². The first-order valence-electron chi connectivity index (χ1n) is 13.1. The molecule has 3 rings (SSSR count). The number of hydrogen-bond acceptors (Lipinski definition) is 6. The predicted molar refractivity (Wildman–Crippen MR) is 141 cm³/mol. The highest BCUT2D eigenvalue weighted by Crippen LogP contribution is 2.39. The van der Waals surface area contributed by atoms with E-state index in [2.05, 4.69) is 47.2 Å². The number of hydrogen-bond donors (Lipinski definition) is 1. The Bertz CT molecular complexity index is 962. The van der Waals surface area contributed by atoms with E-state index in [1.807, 2.05) is 19.1 Å². The maximum absolute atomic E-state index is 13.9. The van der Waals surface area contributed by atoms with Crippen LogP contribution in [-0.4, -0.2) is 48.3 Å². The quantitative estimate of drug-likeness (QED) is 0.447. The van der Waals surface area contributed by atoms with Crippen molar-refractivity contribution in [3.05, 3.63) is 24.0 Å². The number of carbonyl (C=O) groups is 2. The third kappa shape index (κ3) is 6.91. The van der Waals surface area contributed by atoms with Crippen molar-refractivity contribution in [1.29, 1.82) is 0 Å². The molecule has 2 aliphatic rings. The van der Waals surface area contributed by atoms with Gasteiger partial charge in [0.2, 0.25) is 11.8 Å². The molecule has 2 heterocycles. The third-order valence-electron chi connectivity index (χ3n) is 7.25. The van der Waals surface area contributed by atoms with E-state index >= 15 is 0 Å². The van der Waals surface area contributed by atoms with Crippen LogP contribution < -0.4 is 10.2 Å². The number of anilines is 1. The van der Waals surface area contributed by atoms with E-state index in [1.165, 1.54) is 0 Å². The molecular formula is C28H41N5O3. The van der Waals surface area contributed by atoms with Crippen molar-refractivity contribution in [2.24, 2.45) is 16.1 Å². The Labute approximate surface area is 215 Å². The lowest BCUT2D eigenvalue weighted by Crippen LogP contribution is -2.54. The lowest BCUT2D eigenvalue weighted by atomic mass is 9.81. The molecule has 0 radical (unpaired) electrons. The van der Waals surface area contributed by atoms with E-state index in [0.717, 1.165) is 31.4 Å². The minimum absolute atomic E-state index is 0.0277. The molecule has 1 atom stereocenters. The van der Waals surface area contributed by atoms with Crippen molar-refractivity contribution < 1.29 is 14.3 Å². The zero-order chi connectivity index (χ0) is 26.3. The number of nitrogens with one attached hydrogen (secondary N) is 1. The molecule has 36 heavy (non-hydrogen) atoms. The lowest BCUT2D eigenvalue weighted by Gasteiger charge is -2.39. The van der Waals surface area contributed by atoms with Gasteiger partial charge in [-0.2, -0.15) is 10.2 Å². The van der Waals surface area contributed by atoms with Gasteiger partial charge in [-0.1, -0.05) is 20.8 Å². The summed E-state index contributed by atoms with van der Waals surface area (Å²) in [7, 11) is 1.73. The van der Waals surface area contributed by atoms with Gasteiger partial charge in [0, 0.05) is 50.4 Å². The van der Waals surface area contributed by atoms with Crippen molar-refractivity contribution in [3.8, 4) is 12.3 Å². The molecule has 1 aliphatic carbocycles. The molecule has 0 bridgehead atoms. The molecule has 0 spiro atoms. The fourth-order valence-corrected chi connectivity index (χ4v) is 4.99. The summed E-state index contributed by atoms with van der Waals surface area (Å²) >= 11 is 0. The number of pyridine rings is 1. The molecule has 1 saturated carbocycles. The molecule has 1 aromatic rings. The fraction of sp³-hybridized carbons (Fsp3) is 0.679. The van der Waals surface area contributed by atoms with Gasteiger partial charge in [0.25, 0.3) is 0 Å². The van der Waals surface area contributed by atoms with Crippen molar-refractivity contribution in [2.45, 2.75) is 102 Å². The summed E-state index contributed by atoms with van der Waals surface area (Å²) in [6.07, 6.45) is 12.6. The van der Waals surface area contributed by atoms with Gasteiger partial charge in [0.1, 0.15) is 6.04 Å². The normalized spacial score (nSPS) is 21.3. The van der Waals surface area contributed by atoms with Gasteiger partial charge in [0.15, 0.2) is 5.66 Å². The number of methoxy groups -OCH3 is 1. The van der Waals surface area contributed by atoms with Crippen molar-refractivity contribution >= 4 is 17.5 Å². The van der Waals surface area contributed by atoms with E-state index in [9.17, 15) is 9.59 Å². The lowest BCUT2D eigenvalue weighted by molar-refractivity contribution is -0.128. The van der Waals surface area contributed by atoms with Gasteiger partial charge in [-0.05, 0) is 50.7 Å². The Balaban J connectivity index is 1.92. The number of carbonyl (C=O) groups excluding carboxylic acids is 2. The van der Waals surface area contributed by atoms with Crippen LogP contribution in [-0.2, 0) is 19.7 Å². The molecule has 1 fully saturated rings. The molecule has 0 saturated heterocycles. The number of aromatic nitrogens is 1.